The fraction of sp³-hybridized carbons (Fsp3) is 0.0588. The maximum Gasteiger partial charge on any atom is 0.293 e. The normalized spacial score (nSPS) is 16.4. The lowest BCUT2D eigenvalue weighted by molar-refractivity contribution is -0.122. The molecule has 1 aliphatic rings. The summed E-state index contributed by atoms with van der Waals surface area (Å²) in [5.74, 6) is -0.288. The molecular formula is C17H13ClN2O2S. The summed E-state index contributed by atoms with van der Waals surface area (Å²) >= 11 is 6.85. The van der Waals surface area contributed by atoms with Gasteiger partial charge in [-0.2, -0.15) is 0 Å². The molecule has 0 unspecified atom stereocenters. The molecular weight excluding hydrogens is 332 g/mol. The lowest BCUT2D eigenvalue weighted by atomic mass is 10.3. The number of carbonyl (C=O) groups excluding carboxylic acids is 2. The molecule has 116 valence electrons. The van der Waals surface area contributed by atoms with Crippen molar-refractivity contribution in [1.29, 1.82) is 0 Å². The van der Waals surface area contributed by atoms with Crippen LogP contribution in [0.5, 0.6) is 0 Å². The van der Waals surface area contributed by atoms with E-state index < -0.39 is 0 Å². The Hall–Kier alpha value is -2.24. The second-order valence-corrected chi connectivity index (χ2v) is 6.29. The van der Waals surface area contributed by atoms with Crippen molar-refractivity contribution in [3.63, 3.8) is 0 Å². The molecule has 1 aliphatic heterocycles. The molecule has 3 rings (SSSR count). The predicted molar refractivity (Wildman–Crippen MR) is 93.7 cm³/mol. The molecule has 4 nitrogen and oxygen atoms in total. The summed E-state index contributed by atoms with van der Waals surface area (Å²) in [5, 5.41) is 0.388. The summed E-state index contributed by atoms with van der Waals surface area (Å²) in [5.41, 5.74) is 1.74. The van der Waals surface area contributed by atoms with Crippen molar-refractivity contribution in [3.8, 4) is 5.69 Å². The van der Waals surface area contributed by atoms with Gasteiger partial charge in [0, 0.05) is 29.1 Å². The highest BCUT2D eigenvalue weighted by atomic mass is 35.5. The number of carbonyl (C=O) groups is 2. The van der Waals surface area contributed by atoms with Crippen LogP contribution in [0.15, 0.2) is 60.2 Å². The second kappa shape index (κ2) is 6.48. The second-order valence-electron chi connectivity index (χ2n) is 4.86. The summed E-state index contributed by atoms with van der Waals surface area (Å²) in [7, 11) is 0. The van der Waals surface area contributed by atoms with Crippen molar-refractivity contribution in [1.82, 2.24) is 9.47 Å². The Bertz CT molecular complexity index is 808. The van der Waals surface area contributed by atoms with Crippen molar-refractivity contribution in [3.05, 3.63) is 70.9 Å². The first-order valence-electron chi connectivity index (χ1n) is 6.89. The molecule has 0 atom stereocenters. The van der Waals surface area contributed by atoms with Crippen molar-refractivity contribution in [2.75, 3.05) is 6.54 Å². The standard InChI is InChI=1S/C17H13ClN2O2S/c1-2-9-20-16(21)15(23-17(20)22)11-14-4-3-10-19(14)13-7-5-12(18)6-8-13/h2-8,10-11H,1,9H2/b15-11-. The van der Waals surface area contributed by atoms with Gasteiger partial charge in [-0.3, -0.25) is 14.5 Å². The van der Waals surface area contributed by atoms with Crippen LogP contribution in [-0.2, 0) is 4.79 Å². The number of rotatable bonds is 4. The monoisotopic (exact) mass is 344 g/mol. The van der Waals surface area contributed by atoms with E-state index in [2.05, 4.69) is 6.58 Å². The maximum absolute atomic E-state index is 12.3. The SMILES string of the molecule is C=CCN1C(=O)S/C(=C\c2cccn2-c2ccc(Cl)cc2)C1=O. The topological polar surface area (TPSA) is 42.3 Å². The molecule has 0 bridgehead atoms. The van der Waals surface area contributed by atoms with Crippen LogP contribution >= 0.6 is 23.4 Å². The van der Waals surface area contributed by atoms with Crippen LogP contribution in [0.25, 0.3) is 11.8 Å². The van der Waals surface area contributed by atoms with Crippen LogP contribution in [0.3, 0.4) is 0 Å². The van der Waals surface area contributed by atoms with Crippen LogP contribution in [0, 0.1) is 0 Å². The fourth-order valence-corrected chi connectivity index (χ4v) is 3.23. The van der Waals surface area contributed by atoms with E-state index in [9.17, 15) is 9.59 Å². The molecule has 2 amide bonds. The van der Waals surface area contributed by atoms with Gasteiger partial charge in [0.1, 0.15) is 0 Å². The van der Waals surface area contributed by atoms with Gasteiger partial charge in [-0.15, -0.1) is 6.58 Å². The Kier molecular flexibility index (Phi) is 4.41. The van der Waals surface area contributed by atoms with Gasteiger partial charge in [-0.05, 0) is 54.2 Å². The minimum absolute atomic E-state index is 0.222. The number of amides is 2. The zero-order chi connectivity index (χ0) is 16.4. The van der Waals surface area contributed by atoms with Gasteiger partial charge in [0.2, 0.25) is 0 Å². The van der Waals surface area contributed by atoms with Gasteiger partial charge in [-0.25, -0.2) is 0 Å². The molecule has 1 saturated heterocycles. The Morgan fingerprint density at radius 2 is 1.91 bits per heavy atom. The Morgan fingerprint density at radius 1 is 1.17 bits per heavy atom. The van der Waals surface area contributed by atoms with Gasteiger partial charge in [0.15, 0.2) is 0 Å². The first kappa shape index (κ1) is 15.6. The molecule has 0 aliphatic carbocycles. The van der Waals surface area contributed by atoms with E-state index in [1.54, 1.807) is 18.2 Å². The molecule has 0 saturated carbocycles. The van der Waals surface area contributed by atoms with Crippen molar-refractivity contribution < 1.29 is 9.59 Å². The van der Waals surface area contributed by atoms with E-state index in [1.165, 1.54) is 11.0 Å². The molecule has 1 aromatic heterocycles. The lowest BCUT2D eigenvalue weighted by Gasteiger charge is -2.08. The highest BCUT2D eigenvalue weighted by molar-refractivity contribution is 8.18. The van der Waals surface area contributed by atoms with E-state index in [4.69, 9.17) is 11.6 Å². The number of aromatic nitrogens is 1. The third kappa shape index (κ3) is 3.11. The van der Waals surface area contributed by atoms with Gasteiger partial charge in [0.25, 0.3) is 11.1 Å². The molecule has 1 fully saturated rings. The zero-order valence-electron chi connectivity index (χ0n) is 12.1. The Balaban J connectivity index is 1.94. The number of hydrogen-bond donors (Lipinski definition) is 0. The highest BCUT2D eigenvalue weighted by Gasteiger charge is 2.34. The first-order valence-corrected chi connectivity index (χ1v) is 8.09. The lowest BCUT2D eigenvalue weighted by Crippen LogP contribution is -2.27. The average molecular weight is 345 g/mol. The zero-order valence-corrected chi connectivity index (χ0v) is 13.7. The van der Waals surface area contributed by atoms with Crippen LogP contribution in [0.1, 0.15) is 5.69 Å². The van der Waals surface area contributed by atoms with Crippen molar-refractivity contribution >= 4 is 40.6 Å². The third-order valence-corrected chi connectivity index (χ3v) is 4.51. The highest BCUT2D eigenvalue weighted by Crippen LogP contribution is 2.32. The largest absolute Gasteiger partial charge is 0.317 e. The van der Waals surface area contributed by atoms with Crippen LogP contribution < -0.4 is 0 Å². The molecule has 0 N–H and O–H groups in total. The smallest absolute Gasteiger partial charge is 0.293 e. The number of thioether (sulfide) groups is 1. The quantitative estimate of drug-likeness (QED) is 0.611. The molecule has 0 radical (unpaired) electrons. The Labute approximate surface area is 143 Å². The molecule has 2 aromatic rings. The maximum atomic E-state index is 12.3. The van der Waals surface area contributed by atoms with Crippen LogP contribution in [-0.4, -0.2) is 27.2 Å². The molecule has 1 aromatic carbocycles. The van der Waals surface area contributed by atoms with Gasteiger partial charge >= 0.3 is 0 Å². The van der Waals surface area contributed by atoms with Crippen LogP contribution in [0.4, 0.5) is 4.79 Å². The van der Waals surface area contributed by atoms with E-state index in [0.717, 1.165) is 23.1 Å². The van der Waals surface area contributed by atoms with Gasteiger partial charge in [-0.1, -0.05) is 17.7 Å². The summed E-state index contributed by atoms with van der Waals surface area (Å²) < 4.78 is 1.93. The summed E-state index contributed by atoms with van der Waals surface area (Å²) in [6, 6.07) is 11.2. The van der Waals surface area contributed by atoms with E-state index in [1.807, 2.05) is 35.0 Å². The number of hydrogen-bond acceptors (Lipinski definition) is 3. The summed E-state index contributed by atoms with van der Waals surface area (Å²) in [6.45, 7) is 3.79. The minimum Gasteiger partial charge on any atom is -0.317 e. The number of nitrogens with zero attached hydrogens (tertiary/aromatic N) is 2. The predicted octanol–water partition coefficient (Wildman–Crippen LogP) is 4.35. The van der Waals surface area contributed by atoms with Crippen molar-refractivity contribution in [2.24, 2.45) is 0 Å². The molecule has 6 heteroatoms. The third-order valence-electron chi connectivity index (χ3n) is 3.35. The van der Waals surface area contributed by atoms with E-state index in [-0.39, 0.29) is 17.7 Å². The summed E-state index contributed by atoms with van der Waals surface area (Å²) in [6.07, 6.45) is 5.15. The average Bonchev–Trinajstić information content (AvgIpc) is 3.09. The number of halogens is 1. The van der Waals surface area contributed by atoms with Gasteiger partial charge < -0.3 is 4.57 Å². The fourth-order valence-electron chi connectivity index (χ4n) is 2.27. The van der Waals surface area contributed by atoms with E-state index >= 15 is 0 Å². The van der Waals surface area contributed by atoms with E-state index in [0.29, 0.717) is 9.93 Å². The van der Waals surface area contributed by atoms with Crippen LogP contribution in [0.2, 0.25) is 5.02 Å². The minimum atomic E-state index is -0.288. The molecule has 2 heterocycles. The Morgan fingerprint density at radius 3 is 2.61 bits per heavy atom. The summed E-state index contributed by atoms with van der Waals surface area (Å²) in [4.78, 5) is 25.7. The molecule has 23 heavy (non-hydrogen) atoms. The number of benzene rings is 1. The first-order chi connectivity index (χ1) is 11.1. The van der Waals surface area contributed by atoms with Crippen molar-refractivity contribution in [2.45, 2.75) is 0 Å². The number of imide groups is 1. The van der Waals surface area contributed by atoms with Gasteiger partial charge in [0.05, 0.1) is 4.91 Å². The molecule has 0 spiro atoms.